The number of carbonyl (C=O) groups is 4. The van der Waals surface area contributed by atoms with Gasteiger partial charge in [0.1, 0.15) is 24.5 Å². The van der Waals surface area contributed by atoms with E-state index in [1.54, 1.807) is 0 Å². The molecule has 30 heavy (non-hydrogen) atoms. The number of amides is 2. The van der Waals surface area contributed by atoms with Crippen LogP contribution < -0.4 is 11.1 Å². The third-order valence-electron chi connectivity index (χ3n) is 4.14. The number of anilines is 1. The molecule has 0 bridgehead atoms. The van der Waals surface area contributed by atoms with Gasteiger partial charge in [0.2, 0.25) is 0 Å². The average molecular weight is 442 g/mol. The van der Waals surface area contributed by atoms with E-state index in [4.69, 9.17) is 10.8 Å². The average Bonchev–Trinajstić information content (AvgIpc) is 3.28. The van der Waals surface area contributed by atoms with Gasteiger partial charge < -0.3 is 31.6 Å². The zero-order chi connectivity index (χ0) is 21.3. The molecule has 2 aliphatic heterocycles. The minimum absolute atomic E-state index is 0. The zero-order valence-electron chi connectivity index (χ0n) is 15.5. The maximum atomic E-state index is 12.7. The number of carboxylic acid groups (broad SMARTS) is 2. The topological polar surface area (TPSA) is 219 Å². The summed E-state index contributed by atoms with van der Waals surface area (Å²) in [5.74, 6) is -4.10. The van der Waals surface area contributed by atoms with Gasteiger partial charge in [0.15, 0.2) is 10.8 Å². The molecule has 0 spiro atoms. The van der Waals surface area contributed by atoms with Crippen LogP contribution in [0.25, 0.3) is 0 Å². The second-order valence-electron chi connectivity index (χ2n) is 6.04. The third-order valence-corrected chi connectivity index (χ3v) is 4.81. The molecule has 15 heteroatoms. The van der Waals surface area contributed by atoms with Gasteiger partial charge in [0, 0.05) is 18.5 Å². The zero-order valence-corrected chi connectivity index (χ0v) is 16.3. The van der Waals surface area contributed by atoms with E-state index in [2.05, 4.69) is 20.3 Å². The van der Waals surface area contributed by atoms with Gasteiger partial charge in [0.25, 0.3) is 11.8 Å². The highest BCUT2D eigenvalue weighted by molar-refractivity contribution is 7.13. The first-order chi connectivity index (χ1) is 13.7. The SMILES string of the molecule is CO/N=C(\C(=O)N[C@H]1CN2CC(CC(=O)O)=C(C(=O)O)N2C1=O)c1csc(N)n1.O. The number of nitrogen functional groups attached to an aromatic ring is 1. The Morgan fingerprint density at radius 3 is 2.67 bits per heavy atom. The van der Waals surface area contributed by atoms with E-state index in [-0.39, 0.29) is 40.7 Å². The molecule has 0 saturated carbocycles. The second kappa shape index (κ2) is 8.85. The highest BCUT2D eigenvalue weighted by Crippen LogP contribution is 2.31. The Morgan fingerprint density at radius 2 is 2.13 bits per heavy atom. The number of hydrogen-bond acceptors (Lipinski definition) is 10. The van der Waals surface area contributed by atoms with Gasteiger partial charge in [-0.15, -0.1) is 11.3 Å². The number of nitrogens with zero attached hydrogens (tertiary/aromatic N) is 4. The molecule has 2 amide bonds. The van der Waals surface area contributed by atoms with Crippen LogP contribution in [0, 0.1) is 0 Å². The van der Waals surface area contributed by atoms with E-state index in [0.717, 1.165) is 16.3 Å². The number of rotatable bonds is 7. The summed E-state index contributed by atoms with van der Waals surface area (Å²) in [5, 5.41) is 28.4. The lowest BCUT2D eigenvalue weighted by atomic mass is 10.1. The normalized spacial score (nSPS) is 18.8. The Kier molecular flexibility index (Phi) is 6.70. The largest absolute Gasteiger partial charge is 0.481 e. The van der Waals surface area contributed by atoms with Crippen molar-refractivity contribution in [2.24, 2.45) is 5.16 Å². The minimum Gasteiger partial charge on any atom is -0.481 e. The van der Waals surface area contributed by atoms with Crippen LogP contribution in [0.4, 0.5) is 5.13 Å². The fourth-order valence-corrected chi connectivity index (χ4v) is 3.63. The summed E-state index contributed by atoms with van der Waals surface area (Å²) >= 11 is 1.09. The maximum Gasteiger partial charge on any atom is 0.354 e. The lowest BCUT2D eigenvalue weighted by Gasteiger charge is -2.19. The molecule has 0 radical (unpaired) electrons. The third kappa shape index (κ3) is 4.22. The fourth-order valence-electron chi connectivity index (χ4n) is 3.08. The molecule has 2 aliphatic rings. The number of fused-ring (bicyclic) bond motifs is 1. The Morgan fingerprint density at radius 1 is 1.43 bits per heavy atom. The summed E-state index contributed by atoms with van der Waals surface area (Å²) < 4.78 is 0. The van der Waals surface area contributed by atoms with Crippen molar-refractivity contribution in [2.75, 3.05) is 25.9 Å². The van der Waals surface area contributed by atoms with Gasteiger partial charge in [0.05, 0.1) is 6.42 Å². The van der Waals surface area contributed by atoms with Gasteiger partial charge in [-0.1, -0.05) is 5.16 Å². The molecule has 3 heterocycles. The number of carboxylic acids is 2. The quantitative estimate of drug-likeness (QED) is 0.259. The summed E-state index contributed by atoms with van der Waals surface area (Å²) in [6.45, 7) is -0.0857. The monoisotopic (exact) mass is 442 g/mol. The summed E-state index contributed by atoms with van der Waals surface area (Å²) in [6.07, 6.45) is -0.505. The molecule has 3 rings (SSSR count). The first kappa shape index (κ1) is 22.7. The molecule has 162 valence electrons. The van der Waals surface area contributed by atoms with Crippen molar-refractivity contribution in [3.8, 4) is 0 Å². The standard InChI is InChI=1S/C15H16N6O7S.H2O/c1-28-19-10(8-5-29-15(16)18-8)12(24)17-7-4-20-3-6(2-9(22)23)11(14(26)27)21(20)13(7)25;/h5,7H,2-4H2,1H3,(H2,16,18)(H,17,24)(H,22,23)(H,26,27);1H2/b19-10-;/t7-;/m0./s1. The van der Waals surface area contributed by atoms with Crippen molar-refractivity contribution in [3.63, 3.8) is 0 Å². The summed E-state index contributed by atoms with van der Waals surface area (Å²) in [4.78, 5) is 56.5. The Balaban J connectivity index is 0.00000320. The molecule has 1 fully saturated rings. The molecular formula is C15H18N6O8S. The lowest BCUT2D eigenvalue weighted by Crippen LogP contribution is -2.46. The predicted octanol–water partition coefficient (Wildman–Crippen LogP) is -2.38. The van der Waals surface area contributed by atoms with Crippen LogP contribution in [0.2, 0.25) is 0 Å². The first-order valence-corrected chi connectivity index (χ1v) is 9.00. The Bertz CT molecular complexity index is 957. The first-order valence-electron chi connectivity index (χ1n) is 8.12. The molecule has 14 nitrogen and oxygen atoms in total. The van der Waals surface area contributed by atoms with Crippen LogP contribution in [-0.2, 0) is 24.0 Å². The number of thiazole rings is 1. The van der Waals surface area contributed by atoms with E-state index in [0.29, 0.717) is 0 Å². The predicted molar refractivity (Wildman–Crippen MR) is 101 cm³/mol. The van der Waals surface area contributed by atoms with Crippen molar-refractivity contribution in [2.45, 2.75) is 12.5 Å². The van der Waals surface area contributed by atoms with Crippen LogP contribution in [0.5, 0.6) is 0 Å². The number of hydrazine groups is 1. The number of aromatic nitrogens is 1. The number of aliphatic carboxylic acids is 2. The highest BCUT2D eigenvalue weighted by Gasteiger charge is 2.48. The molecular weight excluding hydrogens is 424 g/mol. The van der Waals surface area contributed by atoms with Crippen LogP contribution in [-0.4, -0.2) is 86.4 Å². The van der Waals surface area contributed by atoms with Crippen molar-refractivity contribution >= 4 is 45.9 Å². The molecule has 7 N–H and O–H groups in total. The van der Waals surface area contributed by atoms with Crippen molar-refractivity contribution in [1.29, 1.82) is 0 Å². The highest BCUT2D eigenvalue weighted by atomic mass is 32.1. The van der Waals surface area contributed by atoms with Gasteiger partial charge in [-0.2, -0.15) is 0 Å². The van der Waals surface area contributed by atoms with E-state index < -0.39 is 41.9 Å². The molecule has 1 atom stereocenters. The van der Waals surface area contributed by atoms with E-state index in [1.807, 2.05) is 0 Å². The molecule has 1 aromatic rings. The number of hydrogen-bond donors (Lipinski definition) is 4. The van der Waals surface area contributed by atoms with Crippen LogP contribution >= 0.6 is 11.3 Å². The van der Waals surface area contributed by atoms with Crippen molar-refractivity contribution in [1.82, 2.24) is 20.3 Å². The van der Waals surface area contributed by atoms with Crippen molar-refractivity contribution in [3.05, 3.63) is 22.3 Å². The van der Waals surface area contributed by atoms with Crippen LogP contribution in [0.15, 0.2) is 21.8 Å². The fraction of sp³-hybridized carbons (Fsp3) is 0.333. The Labute approximate surface area is 172 Å². The van der Waals surface area contributed by atoms with E-state index in [9.17, 15) is 24.3 Å². The maximum absolute atomic E-state index is 12.7. The molecule has 1 aromatic heterocycles. The summed E-state index contributed by atoms with van der Waals surface area (Å²) in [5.41, 5.74) is 5.21. The summed E-state index contributed by atoms with van der Waals surface area (Å²) in [7, 11) is 1.24. The van der Waals surface area contributed by atoms with E-state index >= 15 is 0 Å². The van der Waals surface area contributed by atoms with Crippen LogP contribution in [0.1, 0.15) is 12.1 Å². The number of nitrogens with two attached hydrogens (primary N) is 1. The molecule has 1 saturated heterocycles. The smallest absolute Gasteiger partial charge is 0.354 e. The van der Waals surface area contributed by atoms with Gasteiger partial charge in [-0.25, -0.2) is 19.8 Å². The second-order valence-corrected chi connectivity index (χ2v) is 6.93. The molecule has 0 aliphatic carbocycles. The Hall–Kier alpha value is -3.56. The van der Waals surface area contributed by atoms with Gasteiger partial charge >= 0.3 is 11.9 Å². The minimum atomic E-state index is -1.43. The van der Waals surface area contributed by atoms with Crippen molar-refractivity contribution < 1.29 is 39.7 Å². The number of nitrogens with one attached hydrogen (secondary N) is 1. The molecule has 0 aromatic carbocycles. The van der Waals surface area contributed by atoms with Gasteiger partial charge in [-0.3, -0.25) is 14.4 Å². The number of oxime groups is 1. The van der Waals surface area contributed by atoms with Crippen LogP contribution in [0.3, 0.4) is 0 Å². The number of carbonyl (C=O) groups excluding carboxylic acids is 2. The molecule has 0 unspecified atom stereocenters. The lowest BCUT2D eigenvalue weighted by molar-refractivity contribution is -0.143. The van der Waals surface area contributed by atoms with E-state index in [1.165, 1.54) is 17.5 Å². The summed E-state index contributed by atoms with van der Waals surface area (Å²) in [6, 6.07) is -1.07. The van der Waals surface area contributed by atoms with Gasteiger partial charge in [-0.05, 0) is 5.57 Å².